The van der Waals surface area contributed by atoms with Gasteiger partial charge in [-0.1, -0.05) is 37.9 Å². The lowest BCUT2D eigenvalue weighted by molar-refractivity contribution is -0.123. The Morgan fingerprint density at radius 2 is 1.48 bits per heavy atom. The summed E-state index contributed by atoms with van der Waals surface area (Å²) in [6.07, 6.45) is 10.2. The minimum absolute atomic E-state index is 0.0211. The van der Waals surface area contributed by atoms with Gasteiger partial charge in [-0.3, -0.25) is 19.2 Å². The van der Waals surface area contributed by atoms with Crippen LogP contribution in [0.15, 0.2) is 36.4 Å². The van der Waals surface area contributed by atoms with E-state index in [1.54, 1.807) is 19.1 Å². The molecule has 0 spiro atoms. The van der Waals surface area contributed by atoms with Gasteiger partial charge >= 0.3 is 0 Å². The zero-order valence-electron chi connectivity index (χ0n) is 29.4. The molecule has 3 aliphatic rings. The summed E-state index contributed by atoms with van der Waals surface area (Å²) in [5.74, 6) is -0.655. The number of likely N-dealkylation sites (N-methyl/N-ethyl adjacent to an activating group) is 1. The van der Waals surface area contributed by atoms with Gasteiger partial charge in [0, 0.05) is 23.7 Å². The van der Waals surface area contributed by atoms with Crippen LogP contribution in [0.25, 0.3) is 0 Å². The number of unbranched alkanes of at least 4 members (excludes halogenated alkanes) is 1. The molecule has 3 fully saturated rings. The summed E-state index contributed by atoms with van der Waals surface area (Å²) in [5.41, 5.74) is 6.10. The molecule has 0 amide bonds. The zero-order valence-corrected chi connectivity index (χ0v) is 30.1. The molecule has 2 bridgehead atoms. The number of ether oxygens (including phenoxy) is 1. The van der Waals surface area contributed by atoms with Crippen molar-refractivity contribution in [3.05, 3.63) is 58.6 Å². The van der Waals surface area contributed by atoms with E-state index in [0.29, 0.717) is 34.6 Å². The number of rotatable bonds is 8. The van der Waals surface area contributed by atoms with Crippen LogP contribution in [0, 0.1) is 24.0 Å². The predicted molar refractivity (Wildman–Crippen MR) is 189 cm³/mol. The summed E-state index contributed by atoms with van der Waals surface area (Å²) >= 11 is 5.29. The minimum Gasteiger partial charge on any atom is -0.508 e. The van der Waals surface area contributed by atoms with Crippen molar-refractivity contribution in [3.8, 4) is 11.5 Å². The van der Waals surface area contributed by atoms with Crippen LogP contribution in [-0.2, 0) is 24.0 Å². The third-order valence-corrected chi connectivity index (χ3v) is 7.80. The molecule has 50 heavy (non-hydrogen) atoms. The molecule has 2 aromatic rings. The standard InChI is InChI=1S/C14H28N2.C9H9FO2.C6H4ClFO.CH5N.3CH2O2.CH2O/c1-4-5-10-16-12-11-13(2)6-8-14(12,15-3)9-7-13;1-7-2-3-8(6-9(7)10)12-5-4-11;7-5-2-1-4(9)3-6(5)8;1-2;3*2-1-3;1-2/h12,15-16H,4-11H2,1-3H3;2-4,6H,5H2,1H3;1-3,9H;2H2,1H3;3*1H,(H,2,3);1H2. The Morgan fingerprint density at radius 3 is 1.88 bits per heavy atom. The molecule has 2 aromatic carbocycles. The molecule has 1 atom stereocenters. The van der Waals surface area contributed by atoms with E-state index in [1.165, 1.54) is 76.7 Å². The van der Waals surface area contributed by atoms with Crippen LogP contribution in [-0.4, -0.2) is 91.7 Å². The van der Waals surface area contributed by atoms with E-state index >= 15 is 0 Å². The summed E-state index contributed by atoms with van der Waals surface area (Å²) in [5, 5.41) is 36.8. The molecule has 0 aliphatic heterocycles. The SMILES string of the molecule is C=O.CCCCNC1CC2(C)CCC1(NC)CC2.CN.Cc1ccc(OCC=O)cc1F.O=CO.O=CO.O=CO.Oc1ccc(Cl)c(F)c1. The maximum Gasteiger partial charge on any atom is 0.290 e. The first-order valence-electron chi connectivity index (χ1n) is 15.3. The lowest BCUT2D eigenvalue weighted by Crippen LogP contribution is -2.66. The topological polar surface area (TPSA) is 226 Å². The third-order valence-electron chi connectivity index (χ3n) is 7.50. The number of carbonyl (C=O) groups excluding carboxylic acids is 2. The Bertz CT molecular complexity index is 1160. The zero-order chi connectivity index (χ0) is 39.6. The second kappa shape index (κ2) is 33.3. The quantitative estimate of drug-likeness (QED) is 0.139. The number of fused-ring (bicyclic) bond motifs is 3. The van der Waals surface area contributed by atoms with Crippen molar-refractivity contribution >= 4 is 44.1 Å². The average molecular weight is 738 g/mol. The molecule has 0 saturated heterocycles. The number of phenols is 1. The maximum atomic E-state index is 12.8. The molecule has 13 nitrogen and oxygen atoms in total. The Balaban J connectivity index is -0.000000277. The molecule has 16 heteroatoms. The van der Waals surface area contributed by atoms with Crippen LogP contribution in [0.4, 0.5) is 8.78 Å². The number of hydrogen-bond donors (Lipinski definition) is 7. The lowest BCUT2D eigenvalue weighted by Gasteiger charge is -2.57. The summed E-state index contributed by atoms with van der Waals surface area (Å²) in [4.78, 5) is 43.0. The fourth-order valence-corrected chi connectivity index (χ4v) is 5.08. The first-order chi connectivity index (χ1) is 23.8. The van der Waals surface area contributed by atoms with Crippen LogP contribution in [0.2, 0.25) is 5.02 Å². The number of carbonyl (C=O) groups is 5. The van der Waals surface area contributed by atoms with Crippen LogP contribution >= 0.6 is 11.6 Å². The van der Waals surface area contributed by atoms with Gasteiger partial charge in [-0.2, -0.15) is 0 Å². The molecule has 5 rings (SSSR count). The second-order valence-corrected chi connectivity index (χ2v) is 11.0. The Labute approximate surface area is 298 Å². The Hall–Kier alpha value is -4.18. The molecule has 286 valence electrons. The van der Waals surface area contributed by atoms with Gasteiger partial charge in [-0.05, 0) is 95.3 Å². The van der Waals surface area contributed by atoms with Gasteiger partial charge in [0.05, 0.1) is 5.02 Å². The van der Waals surface area contributed by atoms with Gasteiger partial charge in [0.15, 0.2) is 6.29 Å². The van der Waals surface area contributed by atoms with Gasteiger partial charge in [0.2, 0.25) is 0 Å². The summed E-state index contributed by atoms with van der Waals surface area (Å²) in [6, 6.07) is 8.78. The molecule has 0 aromatic heterocycles. The van der Waals surface area contributed by atoms with E-state index in [4.69, 9.17) is 55.9 Å². The van der Waals surface area contributed by atoms with Crippen molar-refractivity contribution in [2.45, 2.75) is 77.3 Å². The fourth-order valence-electron chi connectivity index (χ4n) is 4.96. The second-order valence-electron chi connectivity index (χ2n) is 10.6. The van der Waals surface area contributed by atoms with Crippen LogP contribution in [0.1, 0.15) is 64.4 Å². The minimum atomic E-state index is -0.600. The van der Waals surface area contributed by atoms with Crippen molar-refractivity contribution in [1.29, 1.82) is 0 Å². The van der Waals surface area contributed by atoms with E-state index in [0.717, 1.165) is 6.07 Å². The highest BCUT2D eigenvalue weighted by Gasteiger charge is 2.51. The predicted octanol–water partition coefficient (Wildman–Crippen LogP) is 5.08. The van der Waals surface area contributed by atoms with Crippen molar-refractivity contribution in [2.75, 3.05) is 27.2 Å². The molecule has 3 aliphatic carbocycles. The highest BCUT2D eigenvalue weighted by atomic mass is 35.5. The number of nitrogens with one attached hydrogen (secondary N) is 2. The average Bonchev–Trinajstić information content (AvgIpc) is 3.11. The van der Waals surface area contributed by atoms with E-state index in [2.05, 4.69) is 37.3 Å². The van der Waals surface area contributed by atoms with E-state index in [-0.39, 0.29) is 42.6 Å². The summed E-state index contributed by atoms with van der Waals surface area (Å²) in [7, 11) is 3.66. The fraction of sp³-hybridized carbons (Fsp3) is 0.500. The number of carboxylic acid groups (broad SMARTS) is 3. The molecular formula is C34H54ClF2N3O10. The summed E-state index contributed by atoms with van der Waals surface area (Å²) in [6.45, 7) is 8.83. The normalized spacial score (nSPS) is 18.5. The van der Waals surface area contributed by atoms with Gasteiger partial charge in [0.1, 0.15) is 36.5 Å². The highest BCUT2D eigenvalue weighted by Crippen LogP contribution is 2.51. The third kappa shape index (κ3) is 23.2. The van der Waals surface area contributed by atoms with Gasteiger partial charge in [0.25, 0.3) is 19.4 Å². The Morgan fingerprint density at radius 1 is 0.960 bits per heavy atom. The first kappa shape index (κ1) is 52.6. The molecule has 8 N–H and O–H groups in total. The number of aldehydes is 1. The Kier molecular flexibility index (Phi) is 35.1. The first-order valence-corrected chi connectivity index (χ1v) is 15.7. The smallest absolute Gasteiger partial charge is 0.290 e. The van der Waals surface area contributed by atoms with E-state index < -0.39 is 5.82 Å². The lowest BCUT2D eigenvalue weighted by atomic mass is 9.56. The number of halogens is 3. The number of nitrogens with two attached hydrogens (primary N) is 1. The largest absolute Gasteiger partial charge is 0.508 e. The molecule has 0 radical (unpaired) electrons. The van der Waals surface area contributed by atoms with Crippen LogP contribution in [0.5, 0.6) is 11.5 Å². The number of hydrogen-bond acceptors (Lipinski definition) is 10. The highest BCUT2D eigenvalue weighted by molar-refractivity contribution is 6.30. The maximum absolute atomic E-state index is 12.8. The monoisotopic (exact) mass is 737 g/mol. The van der Waals surface area contributed by atoms with Crippen LogP contribution in [0.3, 0.4) is 0 Å². The van der Waals surface area contributed by atoms with Crippen molar-refractivity contribution < 1.29 is 57.9 Å². The van der Waals surface area contributed by atoms with Crippen molar-refractivity contribution in [2.24, 2.45) is 11.1 Å². The number of benzene rings is 2. The van der Waals surface area contributed by atoms with E-state index in [1.807, 2.05) is 6.79 Å². The van der Waals surface area contributed by atoms with Crippen molar-refractivity contribution in [3.63, 3.8) is 0 Å². The number of aromatic hydroxyl groups is 1. The molecule has 1 unspecified atom stereocenters. The van der Waals surface area contributed by atoms with Crippen molar-refractivity contribution in [1.82, 2.24) is 10.6 Å². The number of phenolic OH excluding ortho intramolecular Hbond substituents is 1. The summed E-state index contributed by atoms with van der Waals surface area (Å²) < 4.78 is 30.0. The van der Waals surface area contributed by atoms with E-state index in [9.17, 15) is 13.6 Å². The van der Waals surface area contributed by atoms with Gasteiger partial charge in [-0.25, -0.2) is 8.78 Å². The number of aryl methyl sites for hydroxylation is 1. The van der Waals surface area contributed by atoms with Crippen LogP contribution < -0.4 is 21.1 Å². The molecule has 3 saturated carbocycles. The molecular weight excluding hydrogens is 684 g/mol. The van der Waals surface area contributed by atoms with Gasteiger partial charge in [-0.15, -0.1) is 0 Å². The van der Waals surface area contributed by atoms with Gasteiger partial charge < -0.3 is 46.3 Å². The molecule has 0 heterocycles.